The van der Waals surface area contributed by atoms with Crippen molar-refractivity contribution in [1.82, 2.24) is 5.32 Å². The third-order valence-corrected chi connectivity index (χ3v) is 3.96. The second-order valence-corrected chi connectivity index (χ2v) is 5.09. The Balaban J connectivity index is 1.74. The predicted octanol–water partition coefficient (Wildman–Crippen LogP) is 0.797. The van der Waals surface area contributed by atoms with Gasteiger partial charge in [0.1, 0.15) is 0 Å². The van der Waals surface area contributed by atoms with Gasteiger partial charge in [-0.3, -0.25) is 4.79 Å². The highest BCUT2D eigenvalue weighted by atomic mass is 16.5. The van der Waals surface area contributed by atoms with Gasteiger partial charge in [0.25, 0.3) is 0 Å². The second kappa shape index (κ2) is 5.15. The smallest absolute Gasteiger partial charge is 0.220 e. The van der Waals surface area contributed by atoms with Crippen molar-refractivity contribution in [2.75, 3.05) is 6.61 Å². The molecule has 2 aliphatic rings. The predicted molar refractivity (Wildman–Crippen MR) is 61.9 cm³/mol. The number of primary amides is 1. The van der Waals surface area contributed by atoms with Crippen LogP contribution in [-0.4, -0.2) is 30.7 Å². The third-order valence-electron chi connectivity index (χ3n) is 3.96. The van der Waals surface area contributed by atoms with E-state index in [2.05, 4.69) is 12.2 Å². The lowest BCUT2D eigenvalue weighted by molar-refractivity contribution is -0.122. The summed E-state index contributed by atoms with van der Waals surface area (Å²) in [5.41, 5.74) is 5.32. The van der Waals surface area contributed by atoms with Gasteiger partial charge in [-0.2, -0.15) is 0 Å². The Morgan fingerprint density at radius 2 is 1.94 bits per heavy atom. The lowest BCUT2D eigenvalue weighted by Gasteiger charge is -2.30. The van der Waals surface area contributed by atoms with Crippen LogP contribution in [0, 0.1) is 5.92 Å². The number of hydrogen-bond acceptors (Lipinski definition) is 3. The van der Waals surface area contributed by atoms with Crippen LogP contribution in [0.1, 0.15) is 39.0 Å². The fourth-order valence-corrected chi connectivity index (χ4v) is 2.80. The van der Waals surface area contributed by atoms with Crippen molar-refractivity contribution in [1.29, 1.82) is 0 Å². The molecule has 1 saturated heterocycles. The van der Waals surface area contributed by atoms with E-state index in [-0.39, 0.29) is 11.8 Å². The van der Waals surface area contributed by atoms with Gasteiger partial charge in [-0.15, -0.1) is 0 Å². The molecule has 1 aliphatic carbocycles. The molecule has 0 radical (unpaired) electrons. The second-order valence-electron chi connectivity index (χ2n) is 5.09. The molecule has 16 heavy (non-hydrogen) atoms. The molecule has 2 unspecified atom stereocenters. The molecule has 1 aliphatic heterocycles. The quantitative estimate of drug-likeness (QED) is 0.748. The number of carbonyl (C=O) groups is 1. The van der Waals surface area contributed by atoms with Gasteiger partial charge >= 0.3 is 0 Å². The topological polar surface area (TPSA) is 64.3 Å². The molecule has 1 heterocycles. The zero-order valence-corrected chi connectivity index (χ0v) is 9.95. The molecule has 2 rings (SSSR count). The van der Waals surface area contributed by atoms with E-state index in [1.54, 1.807) is 0 Å². The molecule has 4 nitrogen and oxygen atoms in total. The van der Waals surface area contributed by atoms with Crippen LogP contribution in [0.15, 0.2) is 0 Å². The summed E-state index contributed by atoms with van der Waals surface area (Å²) < 4.78 is 5.53. The largest absolute Gasteiger partial charge is 0.377 e. The van der Waals surface area contributed by atoms with Crippen LogP contribution in [0.5, 0.6) is 0 Å². The Bertz CT molecular complexity index is 249. The van der Waals surface area contributed by atoms with Crippen LogP contribution in [0.4, 0.5) is 0 Å². The first-order chi connectivity index (χ1) is 7.66. The fraction of sp³-hybridized carbons (Fsp3) is 0.917. The Morgan fingerprint density at radius 3 is 2.44 bits per heavy atom. The first-order valence-corrected chi connectivity index (χ1v) is 6.34. The summed E-state index contributed by atoms with van der Waals surface area (Å²) >= 11 is 0. The minimum Gasteiger partial charge on any atom is -0.377 e. The maximum atomic E-state index is 11.0. The summed E-state index contributed by atoms with van der Waals surface area (Å²) in [7, 11) is 0. The SMILES string of the molecule is CC1OCCC1NC1CCC(C(N)=O)CC1. The van der Waals surface area contributed by atoms with Gasteiger partial charge in [-0.05, 0) is 39.0 Å². The molecule has 2 fully saturated rings. The van der Waals surface area contributed by atoms with Gasteiger partial charge < -0.3 is 15.8 Å². The molecule has 92 valence electrons. The van der Waals surface area contributed by atoms with E-state index >= 15 is 0 Å². The zero-order valence-electron chi connectivity index (χ0n) is 9.95. The van der Waals surface area contributed by atoms with E-state index in [4.69, 9.17) is 10.5 Å². The maximum absolute atomic E-state index is 11.0. The van der Waals surface area contributed by atoms with Crippen molar-refractivity contribution in [2.24, 2.45) is 11.7 Å². The molecule has 0 aromatic heterocycles. The van der Waals surface area contributed by atoms with Crippen molar-refractivity contribution in [2.45, 2.75) is 57.2 Å². The number of amides is 1. The molecular weight excluding hydrogens is 204 g/mol. The first-order valence-electron chi connectivity index (χ1n) is 6.34. The average molecular weight is 226 g/mol. The van der Waals surface area contributed by atoms with E-state index in [9.17, 15) is 4.79 Å². The normalized spacial score (nSPS) is 39.8. The molecule has 3 N–H and O–H groups in total. The average Bonchev–Trinajstić information content (AvgIpc) is 2.65. The summed E-state index contributed by atoms with van der Waals surface area (Å²) in [4.78, 5) is 11.0. The van der Waals surface area contributed by atoms with Crippen LogP contribution in [-0.2, 0) is 9.53 Å². The van der Waals surface area contributed by atoms with E-state index in [1.807, 2.05) is 0 Å². The zero-order chi connectivity index (χ0) is 11.5. The highest BCUT2D eigenvalue weighted by Gasteiger charge is 2.29. The van der Waals surface area contributed by atoms with E-state index in [0.717, 1.165) is 38.7 Å². The van der Waals surface area contributed by atoms with E-state index in [0.29, 0.717) is 18.2 Å². The highest BCUT2D eigenvalue weighted by molar-refractivity contribution is 5.76. The van der Waals surface area contributed by atoms with Crippen molar-refractivity contribution < 1.29 is 9.53 Å². The Labute approximate surface area is 96.9 Å². The standard InChI is InChI=1S/C12H22N2O2/c1-8-11(6-7-16-8)14-10-4-2-9(3-5-10)12(13)15/h8-11,14H,2-7H2,1H3,(H2,13,15). The van der Waals surface area contributed by atoms with Crippen LogP contribution in [0.3, 0.4) is 0 Å². The van der Waals surface area contributed by atoms with Gasteiger partial charge in [0.15, 0.2) is 0 Å². The molecule has 4 heteroatoms. The fourth-order valence-electron chi connectivity index (χ4n) is 2.80. The summed E-state index contributed by atoms with van der Waals surface area (Å²) in [6, 6.07) is 1.04. The molecule has 0 spiro atoms. The third kappa shape index (κ3) is 2.74. The number of rotatable bonds is 3. The van der Waals surface area contributed by atoms with Gasteiger partial charge in [0.05, 0.1) is 6.10 Å². The van der Waals surface area contributed by atoms with Gasteiger partial charge in [0, 0.05) is 24.6 Å². The Hall–Kier alpha value is -0.610. The van der Waals surface area contributed by atoms with E-state index < -0.39 is 0 Å². The van der Waals surface area contributed by atoms with Crippen LogP contribution >= 0.6 is 0 Å². The summed E-state index contributed by atoms with van der Waals surface area (Å²) in [6.45, 7) is 3.00. The molecule has 2 atom stereocenters. The molecule has 0 bridgehead atoms. The van der Waals surface area contributed by atoms with Crippen molar-refractivity contribution in [3.8, 4) is 0 Å². The lowest BCUT2D eigenvalue weighted by Crippen LogP contribution is -2.44. The minimum atomic E-state index is -0.129. The molecule has 1 saturated carbocycles. The summed E-state index contributed by atoms with van der Waals surface area (Å²) in [6.07, 6.45) is 5.45. The monoisotopic (exact) mass is 226 g/mol. The summed E-state index contributed by atoms with van der Waals surface area (Å²) in [5.74, 6) is -0.0219. The Morgan fingerprint density at radius 1 is 1.25 bits per heavy atom. The van der Waals surface area contributed by atoms with Crippen LogP contribution in [0.25, 0.3) is 0 Å². The van der Waals surface area contributed by atoms with Gasteiger partial charge in [-0.25, -0.2) is 0 Å². The lowest BCUT2D eigenvalue weighted by atomic mass is 9.85. The van der Waals surface area contributed by atoms with Crippen molar-refractivity contribution >= 4 is 5.91 Å². The number of nitrogens with one attached hydrogen (secondary N) is 1. The number of carbonyl (C=O) groups excluding carboxylic acids is 1. The molecular formula is C12H22N2O2. The minimum absolute atomic E-state index is 0.107. The summed E-state index contributed by atoms with van der Waals surface area (Å²) in [5, 5.41) is 3.65. The first kappa shape index (κ1) is 11.9. The number of nitrogens with two attached hydrogens (primary N) is 1. The molecule has 0 aromatic carbocycles. The van der Waals surface area contributed by atoms with Crippen molar-refractivity contribution in [3.63, 3.8) is 0 Å². The van der Waals surface area contributed by atoms with Gasteiger partial charge in [0.2, 0.25) is 5.91 Å². The number of ether oxygens (including phenoxy) is 1. The van der Waals surface area contributed by atoms with Crippen LogP contribution in [0.2, 0.25) is 0 Å². The number of hydrogen-bond donors (Lipinski definition) is 2. The van der Waals surface area contributed by atoms with E-state index in [1.165, 1.54) is 0 Å². The highest BCUT2D eigenvalue weighted by Crippen LogP contribution is 2.25. The molecule has 0 aromatic rings. The molecule has 1 amide bonds. The van der Waals surface area contributed by atoms with Crippen molar-refractivity contribution in [3.05, 3.63) is 0 Å². The Kier molecular flexibility index (Phi) is 3.82. The maximum Gasteiger partial charge on any atom is 0.220 e. The van der Waals surface area contributed by atoms with Gasteiger partial charge in [-0.1, -0.05) is 0 Å². The van der Waals surface area contributed by atoms with Crippen LogP contribution < -0.4 is 11.1 Å².